The number of carbonyl (C=O) groups excluding carboxylic acids is 1. The second kappa shape index (κ2) is 9.51. The third-order valence-electron chi connectivity index (χ3n) is 3.67. The van der Waals surface area contributed by atoms with Crippen molar-refractivity contribution in [1.29, 1.82) is 0 Å². The number of alkyl halides is 1. The lowest BCUT2D eigenvalue weighted by molar-refractivity contribution is -0.146. The number of hydrogen-bond donors (Lipinski definition) is 0. The predicted octanol–water partition coefficient (Wildman–Crippen LogP) is 4.31. The lowest BCUT2D eigenvalue weighted by Crippen LogP contribution is -2.51. The third kappa shape index (κ3) is 6.51. The highest BCUT2D eigenvalue weighted by Crippen LogP contribution is 2.30. The standard InChI is InChI=1S/C18H27BrO4Si/c1-6-12-24(4,5)23-16(18(2,19)17(20)21-3)14-22-13-15-10-8-7-9-11-15/h6-11,16H,1,12-14H2,2-5H3/t16-,18?/m0/s1. The van der Waals surface area contributed by atoms with Crippen LogP contribution in [0.5, 0.6) is 0 Å². The Morgan fingerprint density at radius 2 is 2.00 bits per heavy atom. The van der Waals surface area contributed by atoms with Crippen molar-refractivity contribution in [2.75, 3.05) is 13.7 Å². The smallest absolute Gasteiger partial charge is 0.325 e. The first kappa shape index (κ1) is 21.1. The number of allylic oxidation sites excluding steroid dienone is 1. The van der Waals surface area contributed by atoms with Crippen molar-refractivity contribution in [3.05, 3.63) is 48.6 Å². The van der Waals surface area contributed by atoms with Gasteiger partial charge in [0.05, 0.1) is 26.4 Å². The monoisotopic (exact) mass is 414 g/mol. The number of carbonyl (C=O) groups is 1. The summed E-state index contributed by atoms with van der Waals surface area (Å²) in [6.07, 6.45) is 1.41. The molecule has 0 aromatic heterocycles. The van der Waals surface area contributed by atoms with Crippen molar-refractivity contribution < 1.29 is 18.7 Å². The van der Waals surface area contributed by atoms with Gasteiger partial charge in [-0.2, -0.15) is 0 Å². The maximum absolute atomic E-state index is 12.1. The Labute approximate surface area is 154 Å². The molecule has 1 unspecified atom stereocenters. The third-order valence-corrected chi connectivity index (χ3v) is 6.70. The van der Waals surface area contributed by atoms with E-state index in [4.69, 9.17) is 13.9 Å². The summed E-state index contributed by atoms with van der Waals surface area (Å²) >= 11 is 3.48. The molecule has 0 spiro atoms. The van der Waals surface area contributed by atoms with E-state index in [2.05, 4.69) is 35.6 Å². The van der Waals surface area contributed by atoms with Crippen LogP contribution in [-0.4, -0.2) is 38.4 Å². The van der Waals surface area contributed by atoms with Crippen LogP contribution in [0, 0.1) is 0 Å². The predicted molar refractivity (Wildman–Crippen MR) is 103 cm³/mol. The minimum absolute atomic E-state index is 0.291. The number of methoxy groups -OCH3 is 1. The molecule has 0 heterocycles. The van der Waals surface area contributed by atoms with Crippen LogP contribution in [0.25, 0.3) is 0 Å². The Hall–Kier alpha value is -0.953. The van der Waals surface area contributed by atoms with Gasteiger partial charge in [0.25, 0.3) is 0 Å². The fourth-order valence-corrected chi connectivity index (χ4v) is 4.70. The molecular formula is C18H27BrO4Si. The molecular weight excluding hydrogens is 388 g/mol. The van der Waals surface area contributed by atoms with Crippen molar-refractivity contribution in [2.45, 2.75) is 43.1 Å². The zero-order chi connectivity index (χ0) is 18.2. The molecule has 6 heteroatoms. The molecule has 0 saturated carbocycles. The molecule has 1 aromatic rings. The molecule has 0 fully saturated rings. The van der Waals surface area contributed by atoms with Gasteiger partial charge < -0.3 is 13.9 Å². The lowest BCUT2D eigenvalue weighted by Gasteiger charge is -2.35. The van der Waals surface area contributed by atoms with E-state index in [0.717, 1.165) is 11.6 Å². The molecule has 4 nitrogen and oxygen atoms in total. The summed E-state index contributed by atoms with van der Waals surface area (Å²) in [5.41, 5.74) is 1.08. The van der Waals surface area contributed by atoms with E-state index < -0.39 is 18.7 Å². The van der Waals surface area contributed by atoms with Gasteiger partial charge in [-0.25, -0.2) is 0 Å². The van der Waals surface area contributed by atoms with E-state index in [1.165, 1.54) is 7.11 Å². The highest BCUT2D eigenvalue weighted by atomic mass is 79.9. The molecule has 0 aliphatic carbocycles. The quantitative estimate of drug-likeness (QED) is 0.247. The summed E-state index contributed by atoms with van der Waals surface area (Å²) in [5.74, 6) is -0.376. The van der Waals surface area contributed by atoms with Crippen LogP contribution < -0.4 is 0 Å². The molecule has 1 aromatic carbocycles. The van der Waals surface area contributed by atoms with Crippen molar-refractivity contribution in [3.63, 3.8) is 0 Å². The molecule has 0 radical (unpaired) electrons. The number of esters is 1. The van der Waals surface area contributed by atoms with Gasteiger partial charge in [0, 0.05) is 0 Å². The van der Waals surface area contributed by atoms with Gasteiger partial charge in [-0.15, -0.1) is 6.58 Å². The molecule has 0 aliphatic heterocycles. The fourth-order valence-electron chi connectivity index (χ4n) is 2.27. The lowest BCUT2D eigenvalue weighted by atomic mass is 10.1. The van der Waals surface area contributed by atoms with Crippen LogP contribution in [0.15, 0.2) is 43.0 Å². The van der Waals surface area contributed by atoms with Gasteiger partial charge in [-0.05, 0) is 31.6 Å². The van der Waals surface area contributed by atoms with Crippen molar-refractivity contribution in [3.8, 4) is 0 Å². The van der Waals surface area contributed by atoms with Gasteiger partial charge in [-0.3, -0.25) is 4.79 Å². The summed E-state index contributed by atoms with van der Waals surface area (Å²) in [6.45, 7) is 10.5. The highest BCUT2D eigenvalue weighted by Gasteiger charge is 2.43. The number of ether oxygens (including phenoxy) is 2. The van der Waals surface area contributed by atoms with E-state index in [9.17, 15) is 4.79 Å². The number of rotatable bonds is 10. The molecule has 0 bridgehead atoms. The molecule has 0 amide bonds. The number of hydrogen-bond acceptors (Lipinski definition) is 4. The minimum atomic E-state index is -2.00. The number of halogens is 1. The first-order valence-corrected chi connectivity index (χ1v) is 11.8. The van der Waals surface area contributed by atoms with E-state index in [1.54, 1.807) is 6.92 Å². The van der Waals surface area contributed by atoms with Crippen LogP contribution in [0.2, 0.25) is 19.1 Å². The largest absolute Gasteiger partial charge is 0.468 e. The van der Waals surface area contributed by atoms with Gasteiger partial charge in [-0.1, -0.05) is 52.3 Å². The Morgan fingerprint density at radius 1 is 1.38 bits per heavy atom. The Kier molecular flexibility index (Phi) is 8.36. The van der Waals surface area contributed by atoms with E-state index in [0.29, 0.717) is 13.2 Å². The van der Waals surface area contributed by atoms with Gasteiger partial charge in [0.15, 0.2) is 8.32 Å². The zero-order valence-corrected chi connectivity index (χ0v) is 17.5. The summed E-state index contributed by atoms with van der Waals surface area (Å²) in [7, 11) is -0.629. The first-order valence-electron chi connectivity index (χ1n) is 7.90. The molecule has 1 rings (SSSR count). The average molecular weight is 415 g/mol. The summed E-state index contributed by atoms with van der Waals surface area (Å²) < 4.78 is 16.1. The normalized spacial score (nSPS) is 15.4. The summed E-state index contributed by atoms with van der Waals surface area (Å²) in [5, 5.41) is 0. The molecule has 0 saturated heterocycles. The minimum Gasteiger partial charge on any atom is -0.468 e. The van der Waals surface area contributed by atoms with Crippen LogP contribution >= 0.6 is 15.9 Å². The van der Waals surface area contributed by atoms with Crippen LogP contribution in [0.1, 0.15) is 12.5 Å². The van der Waals surface area contributed by atoms with E-state index in [1.807, 2.05) is 36.4 Å². The Balaban J connectivity index is 2.80. The SMILES string of the molecule is C=CC[Si](C)(C)O[C@@H](COCc1ccccc1)C(C)(Br)C(=O)OC. The van der Waals surface area contributed by atoms with Crippen molar-refractivity contribution >= 4 is 30.2 Å². The first-order chi connectivity index (χ1) is 11.2. The van der Waals surface area contributed by atoms with E-state index >= 15 is 0 Å². The maximum Gasteiger partial charge on any atom is 0.325 e. The van der Waals surface area contributed by atoms with Gasteiger partial charge in [0.2, 0.25) is 0 Å². The summed E-state index contributed by atoms with van der Waals surface area (Å²) in [6, 6.07) is 10.7. The van der Waals surface area contributed by atoms with Crippen LogP contribution in [0.4, 0.5) is 0 Å². The highest BCUT2D eigenvalue weighted by molar-refractivity contribution is 9.10. The van der Waals surface area contributed by atoms with Crippen molar-refractivity contribution in [2.24, 2.45) is 0 Å². The molecule has 0 aliphatic rings. The molecule has 0 N–H and O–H groups in total. The Bertz CT molecular complexity index is 531. The molecule has 2 atom stereocenters. The second-order valence-electron chi connectivity index (χ2n) is 6.43. The zero-order valence-electron chi connectivity index (χ0n) is 14.9. The van der Waals surface area contributed by atoms with Crippen LogP contribution in [0.3, 0.4) is 0 Å². The van der Waals surface area contributed by atoms with Crippen molar-refractivity contribution in [1.82, 2.24) is 0 Å². The Morgan fingerprint density at radius 3 is 2.54 bits per heavy atom. The van der Waals surface area contributed by atoms with E-state index in [-0.39, 0.29) is 5.97 Å². The topological polar surface area (TPSA) is 44.8 Å². The van der Waals surface area contributed by atoms with Gasteiger partial charge in [0.1, 0.15) is 4.32 Å². The van der Waals surface area contributed by atoms with Crippen LogP contribution in [-0.2, 0) is 25.3 Å². The molecule has 134 valence electrons. The summed E-state index contributed by atoms with van der Waals surface area (Å²) in [4.78, 5) is 12.1. The fraction of sp³-hybridized carbons (Fsp3) is 0.500. The number of benzene rings is 1. The maximum atomic E-state index is 12.1. The second-order valence-corrected chi connectivity index (χ2v) is 12.2. The van der Waals surface area contributed by atoms with Gasteiger partial charge >= 0.3 is 5.97 Å². The average Bonchev–Trinajstić information content (AvgIpc) is 2.53. The molecule has 24 heavy (non-hydrogen) atoms.